The standard InChI is InChI=1S/C18H14ClN3O3S2/c1-27(24,25)13-4-5-14-16(9-13)26-18(20-14)21-17(23)10-22-7-6-11-2-3-12(19)8-15(11)22/h2-9H,10H2,1H3,(H,20,21,23). The van der Waals surface area contributed by atoms with Crippen molar-refractivity contribution in [3.05, 3.63) is 53.7 Å². The third kappa shape index (κ3) is 3.69. The summed E-state index contributed by atoms with van der Waals surface area (Å²) in [6, 6.07) is 12.2. The Kier molecular flexibility index (Phi) is 4.41. The van der Waals surface area contributed by atoms with Crippen molar-refractivity contribution in [1.82, 2.24) is 9.55 Å². The highest BCUT2D eigenvalue weighted by Crippen LogP contribution is 2.28. The number of hydrogen-bond donors (Lipinski definition) is 1. The fourth-order valence-electron chi connectivity index (χ4n) is 2.80. The van der Waals surface area contributed by atoms with Gasteiger partial charge in [0.25, 0.3) is 0 Å². The molecule has 27 heavy (non-hydrogen) atoms. The fraction of sp³-hybridized carbons (Fsp3) is 0.111. The first-order valence-corrected chi connectivity index (χ1v) is 11.0. The van der Waals surface area contributed by atoms with Crippen LogP contribution in [0.2, 0.25) is 5.02 Å². The Balaban J connectivity index is 1.56. The summed E-state index contributed by atoms with van der Waals surface area (Å²) in [5, 5.41) is 4.81. The molecule has 0 aliphatic heterocycles. The number of nitrogens with zero attached hydrogens (tertiary/aromatic N) is 2. The van der Waals surface area contributed by atoms with Crippen LogP contribution in [0.5, 0.6) is 0 Å². The molecule has 4 aromatic rings. The molecule has 4 rings (SSSR count). The molecule has 138 valence electrons. The van der Waals surface area contributed by atoms with Crippen LogP contribution in [-0.4, -0.2) is 30.1 Å². The molecule has 0 saturated carbocycles. The molecule has 0 atom stereocenters. The van der Waals surface area contributed by atoms with Gasteiger partial charge in [-0.05, 0) is 41.8 Å². The number of sulfone groups is 1. The maximum atomic E-state index is 12.4. The lowest BCUT2D eigenvalue weighted by Gasteiger charge is -2.05. The molecule has 0 bridgehead atoms. The minimum absolute atomic E-state index is 0.119. The molecule has 0 aliphatic carbocycles. The number of hydrogen-bond acceptors (Lipinski definition) is 5. The van der Waals surface area contributed by atoms with E-state index in [1.807, 2.05) is 29.0 Å². The van der Waals surface area contributed by atoms with E-state index in [0.29, 0.717) is 20.4 Å². The van der Waals surface area contributed by atoms with E-state index in [-0.39, 0.29) is 17.3 Å². The Morgan fingerprint density at radius 1 is 1.22 bits per heavy atom. The van der Waals surface area contributed by atoms with Gasteiger partial charge in [-0.2, -0.15) is 0 Å². The summed E-state index contributed by atoms with van der Waals surface area (Å²) in [7, 11) is -3.29. The van der Waals surface area contributed by atoms with Crippen LogP contribution in [0.3, 0.4) is 0 Å². The second-order valence-corrected chi connectivity index (χ2v) is 9.60. The van der Waals surface area contributed by atoms with Crippen molar-refractivity contribution in [2.24, 2.45) is 0 Å². The second-order valence-electron chi connectivity index (χ2n) is 6.12. The molecular weight excluding hydrogens is 406 g/mol. The van der Waals surface area contributed by atoms with Gasteiger partial charge in [0, 0.05) is 23.0 Å². The van der Waals surface area contributed by atoms with Crippen molar-refractivity contribution >= 4 is 64.9 Å². The number of carbonyl (C=O) groups is 1. The molecule has 2 heterocycles. The van der Waals surface area contributed by atoms with Gasteiger partial charge in [-0.1, -0.05) is 29.0 Å². The zero-order valence-corrected chi connectivity index (χ0v) is 16.5. The SMILES string of the molecule is CS(=O)(=O)c1ccc2nc(NC(=O)Cn3ccc4ccc(Cl)cc43)sc2c1. The summed E-state index contributed by atoms with van der Waals surface area (Å²) >= 11 is 7.28. The maximum Gasteiger partial charge on any atom is 0.246 e. The van der Waals surface area contributed by atoms with Gasteiger partial charge < -0.3 is 9.88 Å². The van der Waals surface area contributed by atoms with Crippen LogP contribution in [0.15, 0.2) is 53.6 Å². The predicted molar refractivity (Wildman–Crippen MR) is 108 cm³/mol. The highest BCUT2D eigenvalue weighted by Gasteiger charge is 2.13. The Labute approximate surface area is 164 Å². The highest BCUT2D eigenvalue weighted by atomic mass is 35.5. The van der Waals surface area contributed by atoms with Crippen molar-refractivity contribution in [2.45, 2.75) is 11.4 Å². The minimum Gasteiger partial charge on any atom is -0.338 e. The number of fused-ring (bicyclic) bond motifs is 2. The van der Waals surface area contributed by atoms with Crippen LogP contribution < -0.4 is 5.32 Å². The average Bonchev–Trinajstić information content (AvgIpc) is 3.16. The summed E-state index contributed by atoms with van der Waals surface area (Å²) < 4.78 is 25.9. The Morgan fingerprint density at radius 2 is 2.04 bits per heavy atom. The number of halogens is 1. The second kappa shape index (κ2) is 6.63. The molecule has 0 saturated heterocycles. The van der Waals surface area contributed by atoms with E-state index in [2.05, 4.69) is 10.3 Å². The molecule has 1 amide bonds. The molecular formula is C18H14ClN3O3S2. The number of benzene rings is 2. The monoisotopic (exact) mass is 419 g/mol. The molecule has 0 unspecified atom stereocenters. The Hall–Kier alpha value is -2.42. The zero-order chi connectivity index (χ0) is 19.2. The van der Waals surface area contributed by atoms with Gasteiger partial charge in [0.15, 0.2) is 15.0 Å². The van der Waals surface area contributed by atoms with E-state index < -0.39 is 9.84 Å². The molecule has 2 aromatic carbocycles. The first-order valence-electron chi connectivity index (χ1n) is 7.94. The first kappa shape index (κ1) is 18.0. The number of nitrogens with one attached hydrogen (secondary N) is 1. The van der Waals surface area contributed by atoms with Crippen LogP contribution in [-0.2, 0) is 21.2 Å². The number of aromatic nitrogens is 2. The third-order valence-corrected chi connectivity index (χ3v) is 6.36. The smallest absolute Gasteiger partial charge is 0.246 e. The normalized spacial score (nSPS) is 11.9. The van der Waals surface area contributed by atoms with E-state index in [1.165, 1.54) is 17.4 Å². The van der Waals surface area contributed by atoms with Crippen LogP contribution in [0, 0.1) is 0 Å². The van der Waals surface area contributed by atoms with Crippen molar-refractivity contribution in [1.29, 1.82) is 0 Å². The van der Waals surface area contributed by atoms with Gasteiger partial charge in [0.2, 0.25) is 5.91 Å². The van der Waals surface area contributed by atoms with Gasteiger partial charge in [-0.3, -0.25) is 4.79 Å². The van der Waals surface area contributed by atoms with E-state index in [4.69, 9.17) is 11.6 Å². The van der Waals surface area contributed by atoms with Crippen LogP contribution in [0.4, 0.5) is 5.13 Å². The molecule has 6 nitrogen and oxygen atoms in total. The summed E-state index contributed by atoms with van der Waals surface area (Å²) in [5.41, 5.74) is 1.51. The fourth-order valence-corrected chi connectivity index (χ4v) is 4.61. The van der Waals surface area contributed by atoms with Gasteiger partial charge in [0.05, 0.1) is 15.1 Å². The van der Waals surface area contributed by atoms with Crippen LogP contribution >= 0.6 is 22.9 Å². The molecule has 2 aromatic heterocycles. The van der Waals surface area contributed by atoms with Crippen molar-refractivity contribution < 1.29 is 13.2 Å². The number of anilines is 1. The summed E-state index contributed by atoms with van der Waals surface area (Å²) in [6.45, 7) is 0.119. The largest absolute Gasteiger partial charge is 0.338 e. The van der Waals surface area contributed by atoms with Crippen LogP contribution in [0.1, 0.15) is 0 Å². The quantitative estimate of drug-likeness (QED) is 0.543. The highest BCUT2D eigenvalue weighted by molar-refractivity contribution is 7.90. The minimum atomic E-state index is -3.29. The van der Waals surface area contributed by atoms with Crippen molar-refractivity contribution in [3.8, 4) is 0 Å². The molecule has 9 heteroatoms. The predicted octanol–water partition coefficient (Wildman–Crippen LogP) is 3.95. The Bertz CT molecular complexity index is 1290. The average molecular weight is 420 g/mol. The summed E-state index contributed by atoms with van der Waals surface area (Å²) in [4.78, 5) is 17.0. The van der Waals surface area contributed by atoms with Gasteiger partial charge in [-0.25, -0.2) is 13.4 Å². The van der Waals surface area contributed by atoms with Crippen molar-refractivity contribution in [2.75, 3.05) is 11.6 Å². The number of amides is 1. The van der Waals surface area contributed by atoms with Crippen molar-refractivity contribution in [3.63, 3.8) is 0 Å². The molecule has 0 radical (unpaired) electrons. The lowest BCUT2D eigenvalue weighted by Crippen LogP contribution is -2.18. The summed E-state index contributed by atoms with van der Waals surface area (Å²) in [6.07, 6.45) is 2.99. The van der Waals surface area contributed by atoms with E-state index in [9.17, 15) is 13.2 Å². The van der Waals surface area contributed by atoms with Gasteiger partial charge in [-0.15, -0.1) is 0 Å². The Morgan fingerprint density at radius 3 is 2.81 bits per heavy atom. The number of rotatable bonds is 4. The maximum absolute atomic E-state index is 12.4. The van der Waals surface area contributed by atoms with Gasteiger partial charge in [0.1, 0.15) is 6.54 Å². The molecule has 1 N–H and O–H groups in total. The molecule has 0 spiro atoms. The van der Waals surface area contributed by atoms with E-state index >= 15 is 0 Å². The zero-order valence-electron chi connectivity index (χ0n) is 14.1. The lowest BCUT2D eigenvalue weighted by molar-refractivity contribution is -0.116. The first-order chi connectivity index (χ1) is 12.8. The number of carbonyl (C=O) groups excluding carboxylic acids is 1. The number of thiazole rings is 1. The third-order valence-electron chi connectivity index (χ3n) is 4.08. The van der Waals surface area contributed by atoms with Crippen LogP contribution in [0.25, 0.3) is 21.1 Å². The van der Waals surface area contributed by atoms with E-state index in [0.717, 1.165) is 17.2 Å². The topological polar surface area (TPSA) is 81.1 Å². The molecule has 0 aliphatic rings. The van der Waals surface area contributed by atoms with Gasteiger partial charge >= 0.3 is 0 Å². The lowest BCUT2D eigenvalue weighted by atomic mass is 10.2. The van der Waals surface area contributed by atoms with E-state index in [1.54, 1.807) is 18.2 Å². The molecule has 0 fully saturated rings. The summed E-state index contributed by atoms with van der Waals surface area (Å²) in [5.74, 6) is -0.227.